The predicted molar refractivity (Wildman–Crippen MR) is 96.0 cm³/mol. The Balaban J connectivity index is 1.57. The van der Waals surface area contributed by atoms with E-state index < -0.39 is 17.3 Å². The van der Waals surface area contributed by atoms with Gasteiger partial charge in [-0.3, -0.25) is 9.59 Å². The van der Waals surface area contributed by atoms with Crippen LogP contribution in [0.3, 0.4) is 0 Å². The Morgan fingerprint density at radius 1 is 1.26 bits per heavy atom. The molecular formula is C19H14FN5O2. The van der Waals surface area contributed by atoms with Crippen LogP contribution in [0.4, 0.5) is 4.39 Å². The summed E-state index contributed by atoms with van der Waals surface area (Å²) in [5, 5.41) is 10.8. The zero-order chi connectivity index (χ0) is 18.5. The zero-order valence-corrected chi connectivity index (χ0v) is 14.1. The van der Waals surface area contributed by atoms with Gasteiger partial charge in [0, 0.05) is 0 Å². The monoisotopic (exact) mass is 363 g/mol. The van der Waals surface area contributed by atoms with Crippen LogP contribution in [0.15, 0.2) is 47.3 Å². The second-order valence-corrected chi connectivity index (χ2v) is 6.58. The number of benzene rings is 2. The van der Waals surface area contributed by atoms with Crippen molar-refractivity contribution < 1.29 is 9.18 Å². The molecule has 134 valence electrons. The summed E-state index contributed by atoms with van der Waals surface area (Å²) >= 11 is 0. The van der Waals surface area contributed by atoms with Crippen LogP contribution in [0.2, 0.25) is 0 Å². The second kappa shape index (κ2) is 5.73. The molecule has 1 amide bonds. The molecule has 1 atom stereocenters. The number of aromatic nitrogens is 4. The Labute approximate surface area is 151 Å². The molecule has 0 aliphatic heterocycles. The van der Waals surface area contributed by atoms with E-state index in [9.17, 15) is 14.0 Å². The lowest BCUT2D eigenvalue weighted by Gasteiger charge is -2.13. The number of carbonyl (C=O) groups is 1. The molecule has 2 N–H and O–H groups in total. The molecule has 0 unspecified atom stereocenters. The van der Waals surface area contributed by atoms with Gasteiger partial charge in [-0.2, -0.15) is 0 Å². The number of fused-ring (bicyclic) bond motifs is 4. The van der Waals surface area contributed by atoms with Gasteiger partial charge in [0.25, 0.3) is 11.5 Å². The molecule has 0 spiro atoms. The maximum Gasteiger partial charge on any atom is 0.277 e. The quantitative estimate of drug-likeness (QED) is 0.571. The Bertz CT molecular complexity index is 1280. The molecule has 1 aliphatic carbocycles. The fourth-order valence-electron chi connectivity index (χ4n) is 3.72. The lowest BCUT2D eigenvalue weighted by molar-refractivity contribution is 0.0933. The molecule has 2 heterocycles. The maximum atomic E-state index is 13.4. The Morgan fingerprint density at radius 2 is 2.11 bits per heavy atom. The summed E-state index contributed by atoms with van der Waals surface area (Å²) in [5.74, 6) is -0.936. The number of halogens is 1. The topological polar surface area (TPSA) is 92.2 Å². The minimum atomic E-state index is -0.546. The van der Waals surface area contributed by atoms with Gasteiger partial charge in [-0.25, -0.2) is 8.91 Å². The first-order chi connectivity index (χ1) is 13.1. The van der Waals surface area contributed by atoms with Gasteiger partial charge >= 0.3 is 0 Å². The summed E-state index contributed by atoms with van der Waals surface area (Å²) in [7, 11) is 0. The molecule has 2 aromatic heterocycles. The van der Waals surface area contributed by atoms with Gasteiger partial charge in [0.1, 0.15) is 5.82 Å². The Kier molecular flexibility index (Phi) is 3.33. The molecule has 0 radical (unpaired) electrons. The van der Waals surface area contributed by atoms with Crippen molar-refractivity contribution in [3.8, 4) is 0 Å². The molecule has 8 heteroatoms. The van der Waals surface area contributed by atoms with Crippen LogP contribution in [0, 0.1) is 5.82 Å². The largest absolute Gasteiger partial charge is 0.344 e. The fourth-order valence-corrected chi connectivity index (χ4v) is 3.72. The van der Waals surface area contributed by atoms with Gasteiger partial charge < -0.3 is 10.3 Å². The first-order valence-corrected chi connectivity index (χ1v) is 8.57. The van der Waals surface area contributed by atoms with Crippen molar-refractivity contribution in [2.45, 2.75) is 18.9 Å². The van der Waals surface area contributed by atoms with Crippen LogP contribution in [0.1, 0.15) is 34.1 Å². The fraction of sp³-hybridized carbons (Fsp3) is 0.158. The molecule has 1 aliphatic rings. The highest BCUT2D eigenvalue weighted by molar-refractivity contribution is 5.99. The summed E-state index contributed by atoms with van der Waals surface area (Å²) in [6.45, 7) is 0. The smallest absolute Gasteiger partial charge is 0.277 e. The van der Waals surface area contributed by atoms with Crippen LogP contribution in [-0.4, -0.2) is 25.7 Å². The normalized spacial score (nSPS) is 16.0. The van der Waals surface area contributed by atoms with Crippen molar-refractivity contribution in [1.82, 2.24) is 25.1 Å². The van der Waals surface area contributed by atoms with Crippen molar-refractivity contribution in [1.29, 1.82) is 0 Å². The van der Waals surface area contributed by atoms with E-state index in [4.69, 9.17) is 0 Å². The predicted octanol–water partition coefficient (Wildman–Crippen LogP) is 2.13. The number of amides is 1. The number of hydrogen-bond acceptors (Lipinski definition) is 4. The van der Waals surface area contributed by atoms with E-state index in [2.05, 4.69) is 20.6 Å². The van der Waals surface area contributed by atoms with Gasteiger partial charge in [-0.1, -0.05) is 29.5 Å². The highest BCUT2D eigenvalue weighted by Gasteiger charge is 2.27. The molecule has 0 fully saturated rings. The van der Waals surface area contributed by atoms with Crippen molar-refractivity contribution in [2.75, 3.05) is 0 Å². The molecule has 5 rings (SSSR count). The highest BCUT2D eigenvalue weighted by atomic mass is 19.1. The zero-order valence-electron chi connectivity index (χ0n) is 14.1. The first-order valence-electron chi connectivity index (χ1n) is 8.57. The number of nitrogens with zero attached hydrogens (tertiary/aromatic N) is 3. The number of nitrogens with one attached hydrogen (secondary N) is 2. The number of aromatic amines is 1. The van der Waals surface area contributed by atoms with Gasteiger partial charge in [-0.05, 0) is 42.2 Å². The van der Waals surface area contributed by atoms with E-state index in [1.54, 1.807) is 0 Å². The van der Waals surface area contributed by atoms with Crippen molar-refractivity contribution in [2.24, 2.45) is 0 Å². The lowest BCUT2D eigenvalue weighted by atomic mass is 10.1. The van der Waals surface area contributed by atoms with E-state index in [0.717, 1.165) is 18.4 Å². The van der Waals surface area contributed by atoms with Crippen LogP contribution < -0.4 is 10.9 Å². The third-order valence-electron chi connectivity index (χ3n) is 4.97. The van der Waals surface area contributed by atoms with Crippen molar-refractivity contribution >= 4 is 22.5 Å². The summed E-state index contributed by atoms with van der Waals surface area (Å²) in [6.07, 6.45) is 1.68. The summed E-state index contributed by atoms with van der Waals surface area (Å²) < 4.78 is 14.7. The SMILES string of the molecule is O=C(N[C@H]1CCc2ccccc21)c1nnn2c1c(=O)[nH]c1cc(F)ccc12. The number of carbonyl (C=O) groups excluding carboxylic acids is 1. The molecule has 4 aromatic rings. The van der Waals surface area contributed by atoms with Crippen LogP contribution in [0.5, 0.6) is 0 Å². The minimum absolute atomic E-state index is 0.0397. The maximum absolute atomic E-state index is 13.4. The molecule has 0 saturated carbocycles. The lowest BCUT2D eigenvalue weighted by Crippen LogP contribution is -2.28. The average Bonchev–Trinajstić information content (AvgIpc) is 3.27. The van der Waals surface area contributed by atoms with Crippen LogP contribution in [0.25, 0.3) is 16.6 Å². The van der Waals surface area contributed by atoms with Crippen molar-refractivity contribution in [3.63, 3.8) is 0 Å². The van der Waals surface area contributed by atoms with Gasteiger partial charge in [0.15, 0.2) is 11.2 Å². The molecule has 7 nitrogen and oxygen atoms in total. The third kappa shape index (κ3) is 2.41. The molecule has 27 heavy (non-hydrogen) atoms. The van der Waals surface area contributed by atoms with E-state index in [1.807, 2.05) is 24.3 Å². The van der Waals surface area contributed by atoms with Crippen LogP contribution >= 0.6 is 0 Å². The van der Waals surface area contributed by atoms with Crippen LogP contribution in [-0.2, 0) is 6.42 Å². The second-order valence-electron chi connectivity index (χ2n) is 6.58. The molecule has 0 bridgehead atoms. The van der Waals surface area contributed by atoms with E-state index in [-0.39, 0.29) is 22.8 Å². The highest BCUT2D eigenvalue weighted by Crippen LogP contribution is 2.31. The Morgan fingerprint density at radius 3 is 3.00 bits per heavy atom. The minimum Gasteiger partial charge on any atom is -0.344 e. The van der Waals surface area contributed by atoms with E-state index in [1.165, 1.54) is 28.3 Å². The summed E-state index contributed by atoms with van der Waals surface area (Å²) in [5.41, 5.74) is 2.48. The van der Waals surface area contributed by atoms with Gasteiger partial charge in [-0.15, -0.1) is 5.10 Å². The van der Waals surface area contributed by atoms with E-state index >= 15 is 0 Å². The Hall–Kier alpha value is -3.55. The average molecular weight is 363 g/mol. The number of aryl methyl sites for hydroxylation is 1. The number of rotatable bonds is 2. The number of H-pyrrole nitrogens is 1. The van der Waals surface area contributed by atoms with E-state index in [0.29, 0.717) is 5.52 Å². The molecule has 0 saturated heterocycles. The van der Waals surface area contributed by atoms with Crippen molar-refractivity contribution in [3.05, 3.63) is 75.5 Å². The number of hydrogen-bond donors (Lipinski definition) is 2. The third-order valence-corrected chi connectivity index (χ3v) is 4.97. The summed E-state index contributed by atoms with van der Waals surface area (Å²) in [6, 6.07) is 11.8. The first kappa shape index (κ1) is 15.7. The standard InChI is InChI=1S/C19H14FN5O2/c20-11-6-8-15-14(9-11)22-19(27)17-16(23-24-25(15)17)18(26)21-13-7-5-10-3-1-2-4-12(10)13/h1-4,6,8-9,13H,5,7H2,(H,21,26)(H,22,27)/t13-/m0/s1. The molecular weight excluding hydrogens is 349 g/mol. The van der Waals surface area contributed by atoms with Gasteiger partial charge in [0.05, 0.1) is 17.1 Å². The molecule has 2 aromatic carbocycles. The van der Waals surface area contributed by atoms with Gasteiger partial charge in [0.2, 0.25) is 0 Å². The summed E-state index contributed by atoms with van der Waals surface area (Å²) in [4.78, 5) is 27.8.